The summed E-state index contributed by atoms with van der Waals surface area (Å²) in [7, 11) is 0. The number of ketones is 1. The van der Waals surface area contributed by atoms with Crippen molar-refractivity contribution in [3.63, 3.8) is 0 Å². The van der Waals surface area contributed by atoms with Gasteiger partial charge in [0.15, 0.2) is 0 Å². The molecule has 0 amide bonds. The Bertz CT molecular complexity index is 591. The number of aliphatic hydroxyl groups excluding tert-OH is 1. The Balaban J connectivity index is 1.74. The van der Waals surface area contributed by atoms with Crippen molar-refractivity contribution < 1.29 is 9.90 Å². The van der Waals surface area contributed by atoms with Crippen molar-refractivity contribution in [1.82, 2.24) is 0 Å². The molecule has 24 heavy (non-hydrogen) atoms. The molecule has 2 unspecified atom stereocenters. The van der Waals surface area contributed by atoms with Gasteiger partial charge < -0.3 is 5.11 Å². The summed E-state index contributed by atoms with van der Waals surface area (Å²) in [5, 5.41) is 10.4. The predicted octanol–water partition coefficient (Wildman–Crippen LogP) is 4.54. The highest BCUT2D eigenvalue weighted by molar-refractivity contribution is 5.87. The fourth-order valence-corrected chi connectivity index (χ4v) is 7.27. The first-order valence-corrected chi connectivity index (χ1v) is 9.97. The van der Waals surface area contributed by atoms with Crippen LogP contribution in [0.4, 0.5) is 0 Å². The van der Waals surface area contributed by atoms with E-state index in [0.717, 1.165) is 32.1 Å². The fourth-order valence-electron chi connectivity index (χ4n) is 7.27. The second-order valence-electron chi connectivity index (χ2n) is 9.29. The first-order chi connectivity index (χ1) is 11.5. The van der Waals surface area contributed by atoms with E-state index >= 15 is 0 Å². The van der Waals surface area contributed by atoms with Crippen LogP contribution in [0.3, 0.4) is 0 Å². The molecule has 0 bridgehead atoms. The maximum Gasteiger partial charge on any atom is 0.139 e. The van der Waals surface area contributed by atoms with Gasteiger partial charge in [0.05, 0.1) is 6.61 Å². The number of Topliss-reactive ketones (excluding diaryl/α,β-unsaturated/α-hetero) is 1. The average Bonchev–Trinajstić information content (AvgIpc) is 2.85. The van der Waals surface area contributed by atoms with Crippen molar-refractivity contribution in [3.05, 3.63) is 24.3 Å². The van der Waals surface area contributed by atoms with E-state index in [4.69, 9.17) is 0 Å². The minimum atomic E-state index is -0.0900. The van der Waals surface area contributed by atoms with Gasteiger partial charge >= 0.3 is 0 Å². The Hall–Kier alpha value is -0.890. The summed E-state index contributed by atoms with van der Waals surface area (Å²) in [4.78, 5) is 12.8. The molecular formula is C22H32O2. The number of fused-ring (bicyclic) bond motifs is 5. The lowest BCUT2D eigenvalue weighted by molar-refractivity contribution is -0.138. The summed E-state index contributed by atoms with van der Waals surface area (Å²) in [6.45, 7) is 8.93. The summed E-state index contributed by atoms with van der Waals surface area (Å²) >= 11 is 0. The molecule has 1 N–H and O–H groups in total. The third-order valence-electron chi connectivity index (χ3n) is 8.52. The molecule has 2 heteroatoms. The summed E-state index contributed by atoms with van der Waals surface area (Å²) in [5.74, 6) is 3.32. The fraction of sp³-hybridized carbons (Fsp3) is 0.773. The van der Waals surface area contributed by atoms with E-state index in [1.165, 1.54) is 18.4 Å². The monoisotopic (exact) mass is 328 g/mol. The van der Waals surface area contributed by atoms with Gasteiger partial charge in [0.25, 0.3) is 0 Å². The molecule has 0 saturated heterocycles. The van der Waals surface area contributed by atoms with Crippen LogP contribution in [0, 0.1) is 40.4 Å². The lowest BCUT2D eigenvalue weighted by Gasteiger charge is -2.59. The van der Waals surface area contributed by atoms with Gasteiger partial charge in [-0.2, -0.15) is 0 Å². The van der Waals surface area contributed by atoms with E-state index in [2.05, 4.69) is 32.6 Å². The third-order valence-corrected chi connectivity index (χ3v) is 8.52. The quantitative estimate of drug-likeness (QED) is 0.808. The molecule has 3 fully saturated rings. The molecule has 4 aliphatic carbocycles. The minimum absolute atomic E-state index is 0.0602. The smallest absolute Gasteiger partial charge is 0.139 e. The van der Waals surface area contributed by atoms with Crippen molar-refractivity contribution in [2.24, 2.45) is 40.4 Å². The van der Waals surface area contributed by atoms with E-state index in [9.17, 15) is 9.90 Å². The predicted molar refractivity (Wildman–Crippen MR) is 96.4 cm³/mol. The van der Waals surface area contributed by atoms with Crippen LogP contribution >= 0.6 is 0 Å². The number of hydrogen-bond acceptors (Lipinski definition) is 2. The van der Waals surface area contributed by atoms with E-state index in [1.807, 2.05) is 0 Å². The van der Waals surface area contributed by atoms with Gasteiger partial charge in [-0.1, -0.05) is 44.6 Å². The number of aliphatic hydroxyl groups is 1. The van der Waals surface area contributed by atoms with Crippen LogP contribution in [-0.4, -0.2) is 17.5 Å². The lowest BCUT2D eigenvalue weighted by atomic mass is 9.45. The van der Waals surface area contributed by atoms with Crippen LogP contribution in [-0.2, 0) is 4.79 Å². The zero-order valence-corrected chi connectivity index (χ0v) is 15.3. The van der Waals surface area contributed by atoms with Crippen LogP contribution in [0.25, 0.3) is 0 Å². The molecule has 4 aliphatic rings. The Morgan fingerprint density at radius 3 is 2.79 bits per heavy atom. The zero-order chi connectivity index (χ0) is 17.1. The molecule has 4 rings (SSSR count). The van der Waals surface area contributed by atoms with Gasteiger partial charge in [-0.15, -0.1) is 0 Å². The summed E-state index contributed by atoms with van der Waals surface area (Å²) < 4.78 is 0. The largest absolute Gasteiger partial charge is 0.395 e. The van der Waals surface area contributed by atoms with Gasteiger partial charge in [0, 0.05) is 17.3 Å². The standard InChI is InChI=1S/C22H32O2/c1-4-15-12-19(24)21(3)9-8-18-17(20(15)21)6-5-16-11-14(2)7-10-22(16,18)13-23/h7,10,15-18,20,23H,2,4-6,8-9,11-13H2,1,3H3/t15?,16?,17-,18-,20+,21-,22-/m1/s1. The van der Waals surface area contributed by atoms with Gasteiger partial charge in [0.1, 0.15) is 5.78 Å². The van der Waals surface area contributed by atoms with Gasteiger partial charge in [-0.05, 0) is 61.7 Å². The number of hydrogen-bond donors (Lipinski definition) is 1. The van der Waals surface area contributed by atoms with Crippen molar-refractivity contribution in [1.29, 1.82) is 0 Å². The molecule has 0 spiro atoms. The van der Waals surface area contributed by atoms with Crippen molar-refractivity contribution in [2.45, 2.75) is 58.8 Å². The van der Waals surface area contributed by atoms with Crippen LogP contribution < -0.4 is 0 Å². The topological polar surface area (TPSA) is 37.3 Å². The molecule has 0 aromatic carbocycles. The van der Waals surface area contributed by atoms with Gasteiger partial charge in [-0.25, -0.2) is 0 Å². The van der Waals surface area contributed by atoms with Crippen LogP contribution in [0.5, 0.6) is 0 Å². The Kier molecular flexibility index (Phi) is 3.84. The maximum absolute atomic E-state index is 12.8. The molecule has 0 aliphatic heterocycles. The summed E-state index contributed by atoms with van der Waals surface area (Å²) in [5.41, 5.74) is 1.06. The van der Waals surface area contributed by atoms with E-state index in [1.54, 1.807) is 0 Å². The lowest BCUT2D eigenvalue weighted by Crippen LogP contribution is -2.55. The van der Waals surface area contributed by atoms with E-state index < -0.39 is 0 Å². The maximum atomic E-state index is 12.8. The summed E-state index contributed by atoms with van der Waals surface area (Å²) in [6.07, 6.45) is 12.0. The zero-order valence-electron chi connectivity index (χ0n) is 15.3. The number of carbonyl (C=O) groups excluding carboxylic acids is 1. The number of carbonyl (C=O) groups is 1. The molecule has 0 radical (unpaired) electrons. The molecule has 3 saturated carbocycles. The highest BCUT2D eigenvalue weighted by atomic mass is 16.3. The average molecular weight is 328 g/mol. The van der Waals surface area contributed by atoms with Crippen molar-refractivity contribution in [2.75, 3.05) is 6.61 Å². The first kappa shape index (κ1) is 16.6. The number of rotatable bonds is 2. The van der Waals surface area contributed by atoms with Crippen molar-refractivity contribution in [3.8, 4) is 0 Å². The normalized spacial score (nSPS) is 50.4. The molecule has 0 heterocycles. The summed E-state index contributed by atoms with van der Waals surface area (Å²) in [6, 6.07) is 0. The molecule has 2 nitrogen and oxygen atoms in total. The second kappa shape index (κ2) is 5.56. The SMILES string of the molecule is C=C1C=C[C@@]2(CO)C(CC[C@@H]3[C@H]2CC[C@]2(C)C(=O)CC(CC)[C@@H]32)C1. The molecule has 0 aromatic rings. The Morgan fingerprint density at radius 1 is 1.29 bits per heavy atom. The first-order valence-electron chi connectivity index (χ1n) is 9.97. The Morgan fingerprint density at radius 2 is 2.08 bits per heavy atom. The second-order valence-corrected chi connectivity index (χ2v) is 9.29. The van der Waals surface area contributed by atoms with E-state index in [0.29, 0.717) is 35.4 Å². The third kappa shape index (κ3) is 2.01. The van der Waals surface area contributed by atoms with Gasteiger partial charge in [0.2, 0.25) is 0 Å². The molecule has 132 valence electrons. The van der Waals surface area contributed by atoms with Crippen LogP contribution in [0.1, 0.15) is 58.8 Å². The van der Waals surface area contributed by atoms with Gasteiger partial charge in [-0.3, -0.25) is 4.79 Å². The molecule has 0 aromatic heterocycles. The highest BCUT2D eigenvalue weighted by Gasteiger charge is 2.62. The number of allylic oxidation sites excluding steroid dienone is 2. The van der Waals surface area contributed by atoms with Crippen LogP contribution in [0.15, 0.2) is 24.3 Å². The van der Waals surface area contributed by atoms with Crippen molar-refractivity contribution >= 4 is 5.78 Å². The van der Waals surface area contributed by atoms with Crippen LogP contribution in [0.2, 0.25) is 0 Å². The molecule has 7 atom stereocenters. The van der Waals surface area contributed by atoms with E-state index in [-0.39, 0.29) is 17.4 Å². The highest BCUT2D eigenvalue weighted by Crippen LogP contribution is 2.66. The Labute approximate surface area is 146 Å². The molecular weight excluding hydrogens is 296 g/mol. The minimum Gasteiger partial charge on any atom is -0.395 e.